The van der Waals surface area contributed by atoms with Gasteiger partial charge in [0.1, 0.15) is 0 Å². The third-order valence-electron chi connectivity index (χ3n) is 4.57. The molecule has 0 aliphatic heterocycles. The molecule has 0 bridgehead atoms. The number of carbonyl (C=O) groups is 2. The van der Waals surface area contributed by atoms with Crippen LogP contribution >= 0.6 is 0 Å². The van der Waals surface area contributed by atoms with E-state index in [-0.39, 0.29) is 18.0 Å². The molecular formula is C21H25N3O2. The number of anilines is 1. The number of benzene rings is 2. The minimum Gasteiger partial charge on any atom is -0.346 e. The van der Waals surface area contributed by atoms with Gasteiger partial charge in [-0.2, -0.15) is 0 Å². The molecule has 2 aromatic rings. The van der Waals surface area contributed by atoms with E-state index in [1.807, 2.05) is 20.8 Å². The average molecular weight is 351 g/mol. The van der Waals surface area contributed by atoms with Gasteiger partial charge in [0.25, 0.3) is 5.91 Å². The minimum atomic E-state index is -0.201. The lowest BCUT2D eigenvalue weighted by Crippen LogP contribution is -2.30. The van der Waals surface area contributed by atoms with Crippen LogP contribution in [0.25, 0.3) is 0 Å². The van der Waals surface area contributed by atoms with Gasteiger partial charge >= 0.3 is 6.03 Å². The lowest BCUT2D eigenvalue weighted by atomic mass is 9.99. The highest BCUT2D eigenvalue weighted by Crippen LogP contribution is 2.20. The zero-order valence-electron chi connectivity index (χ0n) is 15.4. The molecule has 136 valence electrons. The van der Waals surface area contributed by atoms with Gasteiger partial charge in [-0.3, -0.25) is 4.79 Å². The fraction of sp³-hybridized carbons (Fsp3) is 0.333. The Morgan fingerprint density at radius 2 is 1.73 bits per heavy atom. The van der Waals surface area contributed by atoms with E-state index >= 15 is 0 Å². The van der Waals surface area contributed by atoms with Crippen molar-refractivity contribution in [3.8, 4) is 0 Å². The van der Waals surface area contributed by atoms with Gasteiger partial charge < -0.3 is 16.0 Å². The van der Waals surface area contributed by atoms with Crippen LogP contribution in [0, 0.1) is 13.8 Å². The predicted molar refractivity (Wildman–Crippen MR) is 103 cm³/mol. The number of hydrogen-bond donors (Lipinski definition) is 3. The van der Waals surface area contributed by atoms with Gasteiger partial charge in [0.2, 0.25) is 0 Å². The molecular weight excluding hydrogens is 326 g/mol. The molecule has 1 atom stereocenters. The topological polar surface area (TPSA) is 70.2 Å². The van der Waals surface area contributed by atoms with E-state index in [0.29, 0.717) is 17.3 Å². The van der Waals surface area contributed by atoms with Gasteiger partial charge in [0.05, 0.1) is 6.04 Å². The molecule has 3 amide bonds. The van der Waals surface area contributed by atoms with Crippen LogP contribution in [0.1, 0.15) is 52.9 Å². The lowest BCUT2D eigenvalue weighted by Gasteiger charge is -2.17. The molecule has 2 aromatic carbocycles. The molecule has 0 heterocycles. The van der Waals surface area contributed by atoms with Crippen molar-refractivity contribution >= 4 is 17.6 Å². The van der Waals surface area contributed by atoms with Crippen molar-refractivity contribution in [2.24, 2.45) is 0 Å². The van der Waals surface area contributed by atoms with Crippen LogP contribution in [0.2, 0.25) is 0 Å². The average Bonchev–Trinajstić information content (AvgIpc) is 3.41. The van der Waals surface area contributed by atoms with Gasteiger partial charge in [0, 0.05) is 17.3 Å². The Morgan fingerprint density at radius 3 is 2.38 bits per heavy atom. The van der Waals surface area contributed by atoms with Crippen molar-refractivity contribution in [3.63, 3.8) is 0 Å². The largest absolute Gasteiger partial charge is 0.346 e. The number of nitrogens with one attached hydrogen (secondary N) is 3. The summed E-state index contributed by atoms with van der Waals surface area (Å²) in [6.07, 6.45) is 2.09. The second kappa shape index (κ2) is 7.60. The van der Waals surface area contributed by atoms with Crippen LogP contribution in [0.15, 0.2) is 42.5 Å². The van der Waals surface area contributed by atoms with Crippen LogP contribution < -0.4 is 16.0 Å². The number of rotatable bonds is 5. The zero-order valence-corrected chi connectivity index (χ0v) is 15.4. The van der Waals surface area contributed by atoms with Crippen molar-refractivity contribution in [3.05, 3.63) is 64.7 Å². The van der Waals surface area contributed by atoms with E-state index in [0.717, 1.165) is 24.0 Å². The molecule has 1 fully saturated rings. The molecule has 26 heavy (non-hydrogen) atoms. The second-order valence-electron chi connectivity index (χ2n) is 7.01. The molecule has 1 unspecified atom stereocenters. The molecule has 1 saturated carbocycles. The number of urea groups is 1. The molecule has 0 saturated heterocycles. The Kier molecular flexibility index (Phi) is 5.26. The molecule has 5 nitrogen and oxygen atoms in total. The van der Waals surface area contributed by atoms with E-state index in [9.17, 15) is 9.59 Å². The van der Waals surface area contributed by atoms with Gasteiger partial charge in [-0.1, -0.05) is 23.8 Å². The maximum absolute atomic E-state index is 12.5. The fourth-order valence-electron chi connectivity index (χ4n) is 2.87. The Labute approximate surface area is 154 Å². The first kappa shape index (κ1) is 18.0. The molecule has 1 aliphatic rings. The first-order valence-electron chi connectivity index (χ1n) is 8.98. The second-order valence-corrected chi connectivity index (χ2v) is 7.01. The van der Waals surface area contributed by atoms with Crippen LogP contribution in [-0.4, -0.2) is 18.0 Å². The highest BCUT2D eigenvalue weighted by atomic mass is 16.2. The van der Waals surface area contributed by atoms with Gasteiger partial charge in [-0.25, -0.2) is 4.79 Å². The summed E-state index contributed by atoms with van der Waals surface area (Å²) in [5.41, 5.74) is 4.68. The van der Waals surface area contributed by atoms with Crippen LogP contribution in [-0.2, 0) is 0 Å². The zero-order chi connectivity index (χ0) is 18.7. The van der Waals surface area contributed by atoms with Crippen molar-refractivity contribution in [1.29, 1.82) is 0 Å². The maximum atomic E-state index is 12.5. The van der Waals surface area contributed by atoms with Crippen LogP contribution in [0.4, 0.5) is 10.5 Å². The van der Waals surface area contributed by atoms with Crippen molar-refractivity contribution in [1.82, 2.24) is 10.6 Å². The summed E-state index contributed by atoms with van der Waals surface area (Å²) in [6, 6.07) is 13.2. The Hall–Kier alpha value is -2.82. The summed E-state index contributed by atoms with van der Waals surface area (Å²) in [5.74, 6) is -0.132. The number of aryl methyl sites for hydroxylation is 2. The highest BCUT2D eigenvalue weighted by Gasteiger charge is 2.23. The molecule has 3 rings (SSSR count). The minimum absolute atomic E-state index is 0.0791. The molecule has 1 aliphatic carbocycles. The standard InChI is InChI=1S/C21H25N3O2/c1-13-4-5-14(2)19(12-13)15(3)22-20(25)16-6-8-17(9-7-16)23-21(26)24-18-10-11-18/h4-9,12,15,18H,10-11H2,1-3H3,(H,22,25)(H2,23,24,26). The number of carbonyl (C=O) groups excluding carboxylic acids is 2. The summed E-state index contributed by atoms with van der Waals surface area (Å²) in [4.78, 5) is 24.2. The quantitative estimate of drug-likeness (QED) is 0.760. The first-order valence-corrected chi connectivity index (χ1v) is 8.98. The van der Waals surface area contributed by atoms with Crippen molar-refractivity contribution in [2.75, 3.05) is 5.32 Å². The molecule has 0 aromatic heterocycles. The molecule has 3 N–H and O–H groups in total. The van der Waals surface area contributed by atoms with E-state index in [1.54, 1.807) is 24.3 Å². The van der Waals surface area contributed by atoms with Crippen molar-refractivity contribution in [2.45, 2.75) is 45.7 Å². The van der Waals surface area contributed by atoms with E-state index in [4.69, 9.17) is 0 Å². The monoisotopic (exact) mass is 351 g/mol. The highest BCUT2D eigenvalue weighted by molar-refractivity contribution is 5.95. The van der Waals surface area contributed by atoms with E-state index in [1.165, 1.54) is 5.56 Å². The Bertz CT molecular complexity index is 811. The van der Waals surface area contributed by atoms with Gasteiger partial charge in [-0.05, 0) is 69.0 Å². The molecule has 5 heteroatoms. The normalized spacial score (nSPS) is 14.4. The smallest absolute Gasteiger partial charge is 0.319 e. The maximum Gasteiger partial charge on any atom is 0.319 e. The number of hydrogen-bond acceptors (Lipinski definition) is 2. The van der Waals surface area contributed by atoms with E-state index < -0.39 is 0 Å². The summed E-state index contributed by atoms with van der Waals surface area (Å²) in [7, 11) is 0. The SMILES string of the molecule is Cc1ccc(C)c(C(C)NC(=O)c2ccc(NC(=O)NC3CC3)cc2)c1. The Morgan fingerprint density at radius 1 is 1.04 bits per heavy atom. The summed E-state index contributed by atoms with van der Waals surface area (Å²) >= 11 is 0. The lowest BCUT2D eigenvalue weighted by molar-refractivity contribution is 0.0940. The van der Waals surface area contributed by atoms with E-state index in [2.05, 4.69) is 34.1 Å². The van der Waals surface area contributed by atoms with Crippen LogP contribution in [0.3, 0.4) is 0 Å². The summed E-state index contributed by atoms with van der Waals surface area (Å²) in [6.45, 7) is 6.07. The van der Waals surface area contributed by atoms with Crippen molar-refractivity contribution < 1.29 is 9.59 Å². The summed E-state index contributed by atoms with van der Waals surface area (Å²) in [5, 5.41) is 8.68. The fourth-order valence-corrected chi connectivity index (χ4v) is 2.87. The van der Waals surface area contributed by atoms with Gasteiger partial charge in [0.15, 0.2) is 0 Å². The van der Waals surface area contributed by atoms with Crippen LogP contribution in [0.5, 0.6) is 0 Å². The van der Waals surface area contributed by atoms with Gasteiger partial charge in [-0.15, -0.1) is 0 Å². The third kappa shape index (κ3) is 4.63. The Balaban J connectivity index is 1.60. The third-order valence-corrected chi connectivity index (χ3v) is 4.57. The molecule has 0 spiro atoms. The summed E-state index contributed by atoms with van der Waals surface area (Å²) < 4.78 is 0. The molecule has 0 radical (unpaired) electrons. The number of amides is 3. The predicted octanol–water partition coefficient (Wildman–Crippen LogP) is 4.08. The first-order chi connectivity index (χ1) is 12.4.